The van der Waals surface area contributed by atoms with Crippen molar-refractivity contribution >= 4 is 11.0 Å². The Labute approximate surface area is 264 Å². The maximum absolute atomic E-state index is 2.45. The van der Waals surface area contributed by atoms with E-state index in [9.17, 15) is 0 Å². The molecule has 0 fully saturated rings. The van der Waals surface area contributed by atoms with E-state index in [1.54, 1.807) is 0 Å². The summed E-state index contributed by atoms with van der Waals surface area (Å²) in [4.78, 5) is 0. The minimum atomic E-state index is 0.493. The molecule has 224 valence electrons. The standard InChI is InChI=1S/C42H46N2/c1-27(2)31-9-13-35(14-10-31)39-25-41-42(43(39)37-21-17-33(18-22-37)29(5)6)26-40(36-15-11-32(12-16-36)28(3)4)44(41)38-23-19-34(20-24-38)30(7)8/h9-30H,1-8H3. The van der Waals surface area contributed by atoms with Crippen LogP contribution in [0, 0.1) is 0 Å². The van der Waals surface area contributed by atoms with E-state index in [4.69, 9.17) is 0 Å². The third kappa shape index (κ3) is 5.54. The highest BCUT2D eigenvalue weighted by atomic mass is 15.1. The predicted octanol–water partition coefficient (Wildman–Crippen LogP) is 12.2. The fourth-order valence-electron chi connectivity index (χ4n) is 6.23. The lowest BCUT2D eigenvalue weighted by Gasteiger charge is -2.14. The highest BCUT2D eigenvalue weighted by Crippen LogP contribution is 2.39. The zero-order valence-corrected chi connectivity index (χ0v) is 27.6. The molecule has 0 saturated heterocycles. The lowest BCUT2D eigenvalue weighted by atomic mass is 10.0. The zero-order chi connectivity index (χ0) is 31.1. The summed E-state index contributed by atoms with van der Waals surface area (Å²) in [7, 11) is 0. The van der Waals surface area contributed by atoms with Crippen molar-refractivity contribution in [3.8, 4) is 33.9 Å². The van der Waals surface area contributed by atoms with Crippen LogP contribution in [0.4, 0.5) is 0 Å². The van der Waals surface area contributed by atoms with E-state index >= 15 is 0 Å². The lowest BCUT2D eigenvalue weighted by Crippen LogP contribution is -1.98. The van der Waals surface area contributed by atoms with Crippen molar-refractivity contribution in [3.05, 3.63) is 131 Å². The van der Waals surface area contributed by atoms with Gasteiger partial charge in [0.15, 0.2) is 0 Å². The molecule has 0 radical (unpaired) electrons. The molecule has 0 aliphatic rings. The van der Waals surface area contributed by atoms with Crippen LogP contribution in [-0.2, 0) is 0 Å². The molecule has 0 spiro atoms. The molecular formula is C42H46N2. The summed E-state index contributed by atoms with van der Waals surface area (Å²) >= 11 is 0. The molecule has 2 heteroatoms. The smallest absolute Gasteiger partial charge is 0.0724 e. The van der Waals surface area contributed by atoms with Crippen LogP contribution in [0.3, 0.4) is 0 Å². The molecule has 0 N–H and O–H groups in total. The van der Waals surface area contributed by atoms with E-state index in [1.165, 1.54) is 67.2 Å². The van der Waals surface area contributed by atoms with Gasteiger partial charge in [-0.3, -0.25) is 0 Å². The van der Waals surface area contributed by atoms with Crippen molar-refractivity contribution in [1.29, 1.82) is 0 Å². The first-order valence-corrected chi connectivity index (χ1v) is 16.3. The van der Waals surface area contributed by atoms with E-state index in [0.717, 1.165) is 0 Å². The van der Waals surface area contributed by atoms with Crippen LogP contribution in [-0.4, -0.2) is 9.13 Å². The van der Waals surface area contributed by atoms with Crippen LogP contribution < -0.4 is 0 Å². The molecule has 2 nitrogen and oxygen atoms in total. The van der Waals surface area contributed by atoms with Gasteiger partial charge >= 0.3 is 0 Å². The summed E-state index contributed by atoms with van der Waals surface area (Å²) in [6, 6.07) is 41.3. The first-order chi connectivity index (χ1) is 21.1. The Morgan fingerprint density at radius 1 is 0.341 bits per heavy atom. The second kappa shape index (κ2) is 12.0. The molecule has 0 bridgehead atoms. The van der Waals surface area contributed by atoms with Gasteiger partial charge in [-0.05, 0) is 93.5 Å². The molecule has 6 rings (SSSR count). The molecule has 0 aliphatic heterocycles. The highest BCUT2D eigenvalue weighted by molar-refractivity contribution is 5.93. The maximum Gasteiger partial charge on any atom is 0.0724 e. The fraction of sp³-hybridized carbons (Fsp3) is 0.286. The molecule has 0 unspecified atom stereocenters. The summed E-state index contributed by atoms with van der Waals surface area (Å²) in [5, 5.41) is 0. The van der Waals surface area contributed by atoms with Crippen molar-refractivity contribution in [1.82, 2.24) is 9.13 Å². The molecule has 0 atom stereocenters. The van der Waals surface area contributed by atoms with E-state index in [1.807, 2.05) is 0 Å². The first-order valence-electron chi connectivity index (χ1n) is 16.3. The minimum Gasteiger partial charge on any atom is -0.308 e. The fourth-order valence-corrected chi connectivity index (χ4v) is 6.23. The predicted molar refractivity (Wildman–Crippen MR) is 190 cm³/mol. The average Bonchev–Trinajstić information content (AvgIpc) is 3.57. The van der Waals surface area contributed by atoms with Crippen molar-refractivity contribution in [3.63, 3.8) is 0 Å². The molecular weight excluding hydrogens is 532 g/mol. The highest BCUT2D eigenvalue weighted by Gasteiger charge is 2.21. The van der Waals surface area contributed by atoms with Gasteiger partial charge in [-0.2, -0.15) is 0 Å². The Bertz CT molecular complexity index is 1720. The average molecular weight is 579 g/mol. The Hall–Kier alpha value is -4.30. The van der Waals surface area contributed by atoms with E-state index < -0.39 is 0 Å². The summed E-state index contributed by atoms with van der Waals surface area (Å²) in [6.45, 7) is 18.0. The first kappa shape index (κ1) is 29.8. The van der Waals surface area contributed by atoms with Crippen LogP contribution in [0.2, 0.25) is 0 Å². The number of fused-ring (bicyclic) bond motifs is 1. The summed E-state index contributed by atoms with van der Waals surface area (Å²) in [5.41, 5.74) is 15.1. The number of hydrogen-bond donors (Lipinski definition) is 0. The van der Waals surface area contributed by atoms with E-state index in [2.05, 4.69) is 174 Å². The second-order valence-corrected chi connectivity index (χ2v) is 13.5. The molecule has 4 aromatic carbocycles. The number of benzene rings is 4. The van der Waals surface area contributed by atoms with Crippen LogP contribution in [0.15, 0.2) is 109 Å². The molecule has 0 amide bonds. The van der Waals surface area contributed by atoms with Crippen LogP contribution in [0.5, 0.6) is 0 Å². The molecule has 2 heterocycles. The van der Waals surface area contributed by atoms with Crippen LogP contribution >= 0.6 is 0 Å². The number of nitrogens with zero attached hydrogens (tertiary/aromatic N) is 2. The normalized spacial score (nSPS) is 12.0. The molecule has 44 heavy (non-hydrogen) atoms. The quantitative estimate of drug-likeness (QED) is 0.170. The topological polar surface area (TPSA) is 9.86 Å². The summed E-state index contributed by atoms with van der Waals surface area (Å²) in [5.74, 6) is 1.99. The molecule has 6 aromatic rings. The Kier molecular flexibility index (Phi) is 8.12. The van der Waals surface area contributed by atoms with Crippen molar-refractivity contribution in [2.45, 2.75) is 79.1 Å². The van der Waals surface area contributed by atoms with Crippen LogP contribution in [0.1, 0.15) is 101 Å². The van der Waals surface area contributed by atoms with Gasteiger partial charge in [-0.15, -0.1) is 0 Å². The zero-order valence-electron chi connectivity index (χ0n) is 27.6. The van der Waals surface area contributed by atoms with Gasteiger partial charge in [0, 0.05) is 11.4 Å². The van der Waals surface area contributed by atoms with Gasteiger partial charge < -0.3 is 9.13 Å². The number of hydrogen-bond acceptors (Lipinski definition) is 0. The Morgan fingerprint density at radius 2 is 0.591 bits per heavy atom. The van der Waals surface area contributed by atoms with Gasteiger partial charge in [-0.25, -0.2) is 0 Å². The maximum atomic E-state index is 2.45. The largest absolute Gasteiger partial charge is 0.308 e. The van der Waals surface area contributed by atoms with Gasteiger partial charge in [0.05, 0.1) is 22.4 Å². The second-order valence-electron chi connectivity index (χ2n) is 13.5. The molecule has 2 aromatic heterocycles. The van der Waals surface area contributed by atoms with Gasteiger partial charge in [0.25, 0.3) is 0 Å². The van der Waals surface area contributed by atoms with Gasteiger partial charge in [0.2, 0.25) is 0 Å². The molecule has 0 saturated carbocycles. The monoisotopic (exact) mass is 578 g/mol. The van der Waals surface area contributed by atoms with Crippen molar-refractivity contribution < 1.29 is 0 Å². The lowest BCUT2D eigenvalue weighted by molar-refractivity contribution is 0.865. The van der Waals surface area contributed by atoms with Crippen molar-refractivity contribution in [2.24, 2.45) is 0 Å². The summed E-state index contributed by atoms with van der Waals surface area (Å²) < 4.78 is 4.91. The van der Waals surface area contributed by atoms with Crippen LogP contribution in [0.25, 0.3) is 44.9 Å². The number of rotatable bonds is 8. The summed E-state index contributed by atoms with van der Waals surface area (Å²) in [6.07, 6.45) is 0. The van der Waals surface area contributed by atoms with E-state index in [0.29, 0.717) is 23.7 Å². The Morgan fingerprint density at radius 3 is 0.841 bits per heavy atom. The SMILES string of the molecule is CC(C)c1ccc(-c2cc3c(cc(-c4ccc(C(C)C)cc4)n3-c3ccc(C(C)C)cc3)n2-c2ccc(C(C)C)cc2)cc1. The molecule has 0 aliphatic carbocycles. The van der Waals surface area contributed by atoms with E-state index in [-0.39, 0.29) is 0 Å². The third-order valence-corrected chi connectivity index (χ3v) is 9.16. The number of aromatic nitrogens is 2. The van der Waals surface area contributed by atoms with Gasteiger partial charge in [0.1, 0.15) is 0 Å². The Balaban J connectivity index is 1.63. The van der Waals surface area contributed by atoms with Crippen molar-refractivity contribution in [2.75, 3.05) is 0 Å². The third-order valence-electron chi connectivity index (χ3n) is 9.16. The van der Waals surface area contributed by atoms with Gasteiger partial charge in [-0.1, -0.05) is 128 Å². The minimum absolute atomic E-state index is 0.493.